The fourth-order valence-corrected chi connectivity index (χ4v) is 3.64. The maximum absolute atomic E-state index is 12.5. The average Bonchev–Trinajstić information content (AvgIpc) is 3.17. The van der Waals surface area contributed by atoms with E-state index in [-0.39, 0.29) is 17.9 Å². The van der Waals surface area contributed by atoms with Crippen molar-refractivity contribution in [3.05, 3.63) is 54.1 Å². The van der Waals surface area contributed by atoms with Gasteiger partial charge in [0.15, 0.2) is 0 Å². The van der Waals surface area contributed by atoms with Gasteiger partial charge in [-0.2, -0.15) is 0 Å². The van der Waals surface area contributed by atoms with Gasteiger partial charge in [-0.25, -0.2) is 4.79 Å². The molecule has 2 aromatic carbocycles. The molecule has 2 aromatic rings. The van der Waals surface area contributed by atoms with E-state index in [0.29, 0.717) is 30.0 Å². The Balaban J connectivity index is 1.64. The summed E-state index contributed by atoms with van der Waals surface area (Å²) in [5.41, 5.74) is 8.51. The summed E-state index contributed by atoms with van der Waals surface area (Å²) in [5.74, 6) is 0.0688. The van der Waals surface area contributed by atoms with Crippen LogP contribution in [-0.4, -0.2) is 47.7 Å². The summed E-state index contributed by atoms with van der Waals surface area (Å²) in [6.07, 6.45) is -0.0631. The molecule has 7 heteroatoms. The monoisotopic (exact) mass is 396 g/mol. The highest BCUT2D eigenvalue weighted by Gasteiger charge is 2.31. The van der Waals surface area contributed by atoms with Gasteiger partial charge in [0.1, 0.15) is 0 Å². The number of nitrogens with one attached hydrogen (secondary N) is 1. The van der Waals surface area contributed by atoms with Gasteiger partial charge in [-0.1, -0.05) is 26.0 Å². The van der Waals surface area contributed by atoms with Crippen LogP contribution in [0.5, 0.6) is 0 Å². The highest BCUT2D eigenvalue weighted by Crippen LogP contribution is 2.25. The van der Waals surface area contributed by atoms with Crippen LogP contribution in [0.3, 0.4) is 0 Å². The van der Waals surface area contributed by atoms with E-state index in [1.807, 2.05) is 38.1 Å². The predicted molar refractivity (Wildman–Crippen MR) is 115 cm³/mol. The second kappa shape index (κ2) is 8.86. The van der Waals surface area contributed by atoms with Gasteiger partial charge in [0.2, 0.25) is 0 Å². The molecule has 0 bridgehead atoms. The zero-order valence-electron chi connectivity index (χ0n) is 16.8. The van der Waals surface area contributed by atoms with E-state index in [0.717, 1.165) is 18.7 Å². The largest absolute Gasteiger partial charge is 0.465 e. The fourth-order valence-electron chi connectivity index (χ4n) is 3.64. The maximum Gasteiger partial charge on any atom is 0.407 e. The Labute approximate surface area is 171 Å². The van der Waals surface area contributed by atoms with Gasteiger partial charge in [-0.3, -0.25) is 4.79 Å². The average molecular weight is 396 g/mol. The lowest BCUT2D eigenvalue weighted by atomic mass is 10.1. The normalized spacial score (nSPS) is 16.1. The first kappa shape index (κ1) is 20.5. The summed E-state index contributed by atoms with van der Waals surface area (Å²) in [6, 6.07) is 14.5. The lowest BCUT2D eigenvalue weighted by Crippen LogP contribution is -2.43. The van der Waals surface area contributed by atoms with Crippen LogP contribution >= 0.6 is 0 Å². The molecule has 3 rings (SSSR count). The lowest BCUT2D eigenvalue weighted by molar-refractivity contribution is 0.102. The zero-order chi connectivity index (χ0) is 21.0. The third kappa shape index (κ3) is 4.99. The molecule has 0 radical (unpaired) electrons. The Bertz CT molecular complexity index is 867. The number of carbonyl (C=O) groups is 2. The summed E-state index contributed by atoms with van der Waals surface area (Å²) in [7, 11) is 0. The molecule has 0 unspecified atom stereocenters. The van der Waals surface area contributed by atoms with Crippen LogP contribution < -0.4 is 16.0 Å². The number of benzene rings is 2. The van der Waals surface area contributed by atoms with Crippen molar-refractivity contribution in [2.24, 2.45) is 5.92 Å². The third-order valence-corrected chi connectivity index (χ3v) is 5.12. The van der Waals surface area contributed by atoms with Gasteiger partial charge >= 0.3 is 6.09 Å². The van der Waals surface area contributed by atoms with E-state index in [4.69, 9.17) is 5.73 Å². The van der Waals surface area contributed by atoms with Crippen molar-refractivity contribution < 1.29 is 14.7 Å². The summed E-state index contributed by atoms with van der Waals surface area (Å²) in [6.45, 7) is 6.03. The van der Waals surface area contributed by atoms with Crippen LogP contribution in [0.4, 0.5) is 21.9 Å². The number of rotatable bonds is 6. The molecular formula is C22H28N4O3. The molecule has 1 heterocycles. The number of nitrogen functional groups attached to an aromatic ring is 1. The van der Waals surface area contributed by atoms with E-state index in [2.05, 4.69) is 10.2 Å². The number of amides is 2. The second-order valence-electron chi connectivity index (χ2n) is 7.81. The molecule has 1 atom stereocenters. The molecule has 7 nitrogen and oxygen atoms in total. The van der Waals surface area contributed by atoms with Crippen molar-refractivity contribution in [1.82, 2.24) is 4.90 Å². The van der Waals surface area contributed by atoms with Crippen LogP contribution in [0.1, 0.15) is 30.6 Å². The number of carbonyl (C=O) groups excluding carboxylic acids is 1. The smallest absolute Gasteiger partial charge is 0.407 e. The van der Waals surface area contributed by atoms with Crippen molar-refractivity contribution in [3.63, 3.8) is 0 Å². The molecule has 1 fully saturated rings. The van der Waals surface area contributed by atoms with Gasteiger partial charge in [0, 0.05) is 30.9 Å². The summed E-state index contributed by atoms with van der Waals surface area (Å²) in [4.78, 5) is 27.8. The highest BCUT2D eigenvalue weighted by molar-refractivity contribution is 6.05. The molecule has 154 valence electrons. The van der Waals surface area contributed by atoms with E-state index in [1.165, 1.54) is 0 Å². The second-order valence-corrected chi connectivity index (χ2v) is 7.81. The van der Waals surface area contributed by atoms with E-state index in [1.54, 1.807) is 29.2 Å². The minimum Gasteiger partial charge on any atom is -0.465 e. The van der Waals surface area contributed by atoms with Crippen molar-refractivity contribution in [2.45, 2.75) is 26.3 Å². The molecule has 0 spiro atoms. The molecule has 0 aliphatic carbocycles. The summed E-state index contributed by atoms with van der Waals surface area (Å²) in [5, 5.41) is 12.4. The van der Waals surface area contributed by atoms with Gasteiger partial charge in [-0.15, -0.1) is 0 Å². The molecule has 4 N–H and O–H groups in total. The van der Waals surface area contributed by atoms with Crippen LogP contribution in [-0.2, 0) is 0 Å². The molecule has 29 heavy (non-hydrogen) atoms. The van der Waals surface area contributed by atoms with E-state index < -0.39 is 6.09 Å². The van der Waals surface area contributed by atoms with Crippen LogP contribution in [0, 0.1) is 5.92 Å². The van der Waals surface area contributed by atoms with Crippen LogP contribution in [0.2, 0.25) is 0 Å². The summed E-state index contributed by atoms with van der Waals surface area (Å²) < 4.78 is 0. The SMILES string of the molecule is CC(C)CN(C(=O)O)[C@H]1CCN(c2ccc(C(=O)Nc3ccccc3N)cc2)C1. The van der Waals surface area contributed by atoms with Gasteiger partial charge in [-0.05, 0) is 48.7 Å². The summed E-state index contributed by atoms with van der Waals surface area (Å²) >= 11 is 0. The quantitative estimate of drug-likeness (QED) is 0.646. The highest BCUT2D eigenvalue weighted by atomic mass is 16.4. The lowest BCUT2D eigenvalue weighted by Gasteiger charge is -2.28. The molecular weight excluding hydrogens is 368 g/mol. The number of carboxylic acid groups (broad SMARTS) is 1. The number of para-hydroxylation sites is 2. The Morgan fingerprint density at radius 1 is 1.21 bits per heavy atom. The molecule has 0 saturated carbocycles. The number of nitrogens with two attached hydrogens (primary N) is 1. The molecule has 1 saturated heterocycles. The first-order chi connectivity index (χ1) is 13.8. The van der Waals surface area contributed by atoms with E-state index >= 15 is 0 Å². The minimum absolute atomic E-state index is 0.0149. The van der Waals surface area contributed by atoms with Gasteiger partial charge < -0.3 is 26.0 Å². The number of hydrogen-bond acceptors (Lipinski definition) is 4. The van der Waals surface area contributed by atoms with Crippen molar-refractivity contribution in [3.8, 4) is 0 Å². The van der Waals surface area contributed by atoms with Crippen molar-refractivity contribution in [1.29, 1.82) is 0 Å². The molecule has 0 aromatic heterocycles. The van der Waals surface area contributed by atoms with Crippen molar-refractivity contribution >= 4 is 29.1 Å². The standard InChI is InChI=1S/C22H28N4O3/c1-15(2)13-26(22(28)29)18-11-12-25(14-18)17-9-7-16(8-10-17)21(27)24-20-6-4-3-5-19(20)23/h3-10,15,18H,11-14,23H2,1-2H3,(H,24,27)(H,28,29)/t18-/m0/s1. The Morgan fingerprint density at radius 2 is 1.90 bits per heavy atom. The van der Waals surface area contributed by atoms with E-state index in [9.17, 15) is 14.7 Å². The van der Waals surface area contributed by atoms with Gasteiger partial charge in [0.05, 0.1) is 17.4 Å². The first-order valence-corrected chi connectivity index (χ1v) is 9.85. The third-order valence-electron chi connectivity index (χ3n) is 5.12. The van der Waals surface area contributed by atoms with Crippen LogP contribution in [0.25, 0.3) is 0 Å². The zero-order valence-corrected chi connectivity index (χ0v) is 16.8. The first-order valence-electron chi connectivity index (χ1n) is 9.85. The molecule has 1 aliphatic rings. The predicted octanol–water partition coefficient (Wildman–Crippen LogP) is 3.74. The van der Waals surface area contributed by atoms with Crippen molar-refractivity contribution in [2.75, 3.05) is 35.6 Å². The molecule has 2 amide bonds. The van der Waals surface area contributed by atoms with Gasteiger partial charge in [0.25, 0.3) is 5.91 Å². The van der Waals surface area contributed by atoms with Crippen LogP contribution in [0.15, 0.2) is 48.5 Å². The number of nitrogens with zero attached hydrogens (tertiary/aromatic N) is 2. The maximum atomic E-state index is 12.5. The Morgan fingerprint density at radius 3 is 2.52 bits per heavy atom. The Kier molecular flexibility index (Phi) is 6.26. The topological polar surface area (TPSA) is 98.9 Å². The Hall–Kier alpha value is -3.22. The molecule has 1 aliphatic heterocycles. The fraction of sp³-hybridized carbons (Fsp3) is 0.364. The number of anilines is 3. The number of hydrogen-bond donors (Lipinski definition) is 3. The minimum atomic E-state index is -0.863.